The van der Waals surface area contributed by atoms with Crippen LogP contribution < -0.4 is 10.1 Å². The molecule has 3 N–H and O–H groups in total. The van der Waals surface area contributed by atoms with Crippen molar-refractivity contribution in [3.63, 3.8) is 0 Å². The number of halogens is 1. The maximum atomic E-state index is 15.0. The first kappa shape index (κ1) is 30.8. The second kappa shape index (κ2) is 11.6. The molecule has 2 aromatic carbocycles. The van der Waals surface area contributed by atoms with Crippen LogP contribution in [0.1, 0.15) is 27.0 Å². The number of benzene rings is 2. The number of ether oxygens (including phenoxy) is 2. The van der Waals surface area contributed by atoms with E-state index in [4.69, 9.17) is 40.9 Å². The number of aldehydes is 1. The summed E-state index contributed by atoms with van der Waals surface area (Å²) in [5, 5.41) is 18.9. The van der Waals surface area contributed by atoms with Gasteiger partial charge < -0.3 is 34.7 Å². The lowest BCUT2D eigenvalue weighted by Gasteiger charge is -2.48. The fourth-order valence-corrected chi connectivity index (χ4v) is 4.85. The number of hydrogen-bond donors (Lipinski definition) is 3. The van der Waals surface area contributed by atoms with Crippen molar-refractivity contribution in [2.45, 2.75) is 35.5 Å². The van der Waals surface area contributed by atoms with Crippen LogP contribution in [0, 0.1) is 5.82 Å². The highest BCUT2D eigenvalue weighted by molar-refractivity contribution is 6.60. The molecule has 1 unspecified atom stereocenters. The first-order valence-corrected chi connectivity index (χ1v) is 12.7. The maximum absolute atomic E-state index is 15.0. The Bertz CT molecular complexity index is 1340. The third kappa shape index (κ3) is 5.68. The molecule has 41 heavy (non-hydrogen) atoms. The predicted molar refractivity (Wildman–Crippen MR) is 148 cm³/mol. The molecule has 206 valence electrons. The van der Waals surface area contributed by atoms with Gasteiger partial charge in [0.15, 0.2) is 0 Å². The summed E-state index contributed by atoms with van der Waals surface area (Å²) in [5.74, 6) is -4.34. The molecular formula is C26H26B4FN3O7. The van der Waals surface area contributed by atoms with Crippen LogP contribution in [-0.2, 0) is 33.4 Å². The normalized spacial score (nSPS) is 17.2. The van der Waals surface area contributed by atoms with Gasteiger partial charge in [-0.2, -0.15) is 0 Å². The van der Waals surface area contributed by atoms with Crippen LogP contribution in [0.25, 0.3) is 0 Å². The van der Waals surface area contributed by atoms with Gasteiger partial charge in [-0.1, -0.05) is 28.6 Å². The molecule has 1 fully saturated rings. The Morgan fingerprint density at radius 1 is 1.20 bits per heavy atom. The van der Waals surface area contributed by atoms with E-state index in [1.807, 2.05) is 0 Å². The molecule has 2 aromatic rings. The number of morpholine rings is 1. The van der Waals surface area contributed by atoms with Crippen LogP contribution in [0.5, 0.6) is 5.75 Å². The van der Waals surface area contributed by atoms with Crippen LogP contribution in [0.4, 0.5) is 4.39 Å². The molecule has 2 amide bonds. The number of likely N-dealkylation sites (N-methyl/N-ethyl adjacent to an activating group) is 1. The van der Waals surface area contributed by atoms with Crippen molar-refractivity contribution in [3.8, 4) is 5.75 Å². The lowest BCUT2D eigenvalue weighted by atomic mass is 9.28. The maximum Gasteiger partial charge on any atom is 0.255 e. The highest BCUT2D eigenvalue weighted by Crippen LogP contribution is 2.47. The molecule has 2 aliphatic rings. The van der Waals surface area contributed by atoms with Gasteiger partial charge in [0.2, 0.25) is 5.91 Å². The third-order valence-electron chi connectivity index (χ3n) is 7.43. The Morgan fingerprint density at radius 3 is 2.49 bits per heavy atom. The molecule has 8 radical (unpaired) electrons. The first-order valence-electron chi connectivity index (χ1n) is 12.7. The summed E-state index contributed by atoms with van der Waals surface area (Å²) in [6.45, 7) is 0.682. The van der Waals surface area contributed by atoms with Gasteiger partial charge in [0.05, 0.1) is 51.1 Å². The monoisotopic (exact) mass is 555 g/mol. The van der Waals surface area contributed by atoms with E-state index in [0.29, 0.717) is 18.8 Å². The Labute approximate surface area is 242 Å². The van der Waals surface area contributed by atoms with Gasteiger partial charge >= 0.3 is 0 Å². The number of nitrogens with one attached hydrogen (secondary N) is 1. The number of nitrogens with zero attached hydrogens (tertiary/aromatic N) is 2. The van der Waals surface area contributed by atoms with E-state index in [0.717, 1.165) is 11.0 Å². The summed E-state index contributed by atoms with van der Waals surface area (Å²) < 4.78 is 26.1. The summed E-state index contributed by atoms with van der Waals surface area (Å²) in [7, 11) is 25.1. The van der Waals surface area contributed by atoms with Crippen LogP contribution in [0.15, 0.2) is 36.4 Å². The lowest BCUT2D eigenvalue weighted by molar-refractivity contribution is -0.287. The minimum atomic E-state index is -2.38. The van der Waals surface area contributed by atoms with E-state index in [-0.39, 0.29) is 55.0 Å². The Hall–Kier alpha value is -3.12. The minimum Gasteiger partial charge on any atom is -0.488 e. The zero-order valence-electron chi connectivity index (χ0n) is 22.4. The third-order valence-corrected chi connectivity index (χ3v) is 7.43. The fraction of sp³-hybridized carbons (Fsp3) is 0.423. The Balaban J connectivity index is 1.56. The first-order chi connectivity index (χ1) is 19.3. The van der Waals surface area contributed by atoms with Gasteiger partial charge in [0, 0.05) is 42.4 Å². The van der Waals surface area contributed by atoms with E-state index >= 15 is 4.39 Å². The van der Waals surface area contributed by atoms with E-state index in [1.54, 1.807) is 6.07 Å². The topological polar surface area (TPSA) is 129 Å². The summed E-state index contributed by atoms with van der Waals surface area (Å²) in [6, 6.07) is 6.72. The van der Waals surface area contributed by atoms with Crippen molar-refractivity contribution in [2.75, 3.05) is 33.4 Å². The van der Waals surface area contributed by atoms with Crippen LogP contribution in [-0.4, -0.2) is 109 Å². The molecule has 15 heteroatoms. The van der Waals surface area contributed by atoms with E-state index < -0.39 is 40.0 Å². The Kier molecular flexibility index (Phi) is 8.75. The van der Waals surface area contributed by atoms with E-state index in [2.05, 4.69) is 5.32 Å². The summed E-state index contributed by atoms with van der Waals surface area (Å²) in [4.78, 5) is 40.1. The molecule has 4 rings (SSSR count). The van der Waals surface area contributed by atoms with E-state index in [1.165, 1.54) is 36.2 Å². The lowest BCUT2D eigenvalue weighted by Crippen LogP contribution is -2.57. The molecule has 0 spiro atoms. The van der Waals surface area contributed by atoms with Crippen molar-refractivity contribution in [1.82, 2.24) is 15.1 Å². The zero-order chi connectivity index (χ0) is 30.2. The second-order valence-electron chi connectivity index (χ2n) is 10.0. The molecule has 0 aliphatic carbocycles. The largest absolute Gasteiger partial charge is 0.488 e. The summed E-state index contributed by atoms with van der Waals surface area (Å²) in [5.41, 5.74) is 0.589. The molecule has 10 nitrogen and oxygen atoms in total. The van der Waals surface area contributed by atoms with Crippen molar-refractivity contribution in [1.29, 1.82) is 0 Å². The molecular weight excluding hydrogens is 529 g/mol. The molecule has 0 aromatic heterocycles. The van der Waals surface area contributed by atoms with E-state index in [9.17, 15) is 24.6 Å². The molecule has 1 saturated heterocycles. The van der Waals surface area contributed by atoms with Gasteiger partial charge in [-0.3, -0.25) is 9.59 Å². The molecule has 1 atom stereocenters. The Morgan fingerprint density at radius 2 is 1.88 bits per heavy atom. The second-order valence-corrected chi connectivity index (χ2v) is 10.0. The van der Waals surface area contributed by atoms with Crippen LogP contribution >= 0.6 is 0 Å². The molecule has 2 aliphatic heterocycles. The fourth-order valence-electron chi connectivity index (χ4n) is 4.85. The van der Waals surface area contributed by atoms with Gasteiger partial charge in [-0.25, -0.2) is 9.29 Å². The number of carbonyl (C=O) groups excluding carboxylic acids is 3. The number of amides is 2. The van der Waals surface area contributed by atoms with Crippen LogP contribution in [0.2, 0.25) is 10.4 Å². The van der Waals surface area contributed by atoms with Crippen molar-refractivity contribution >= 4 is 49.5 Å². The highest BCUT2D eigenvalue weighted by Gasteiger charge is 2.50. The SMILES string of the molecule is [B]C([B])(C=O)C([B])([B])C(C(=O)NC)N1Cc2c(OCc3ccc(C(O)(O)N4CCOCC4)cc3F)cccc2C1=O. The molecule has 0 bridgehead atoms. The standard InChI is InChI=1S/C26H26B4FN3O7/c1-32-22(36)21(25(29,30)24(27,28)14-35)34-12-18-17(23(34)37)3-2-4-20(18)41-13-15-5-6-16(11-19(15)31)26(38,39)33-7-9-40-10-8-33/h2-6,11,14,21,38-39H,7-10,12-13H2,1H3,(H,32,36). The average molecular weight is 555 g/mol. The average Bonchev–Trinajstić information content (AvgIpc) is 3.28. The van der Waals surface area contributed by atoms with Gasteiger partial charge in [0.1, 0.15) is 30.5 Å². The number of fused-ring (bicyclic) bond motifs is 1. The molecule has 0 saturated carbocycles. The summed E-state index contributed by atoms with van der Waals surface area (Å²) >= 11 is 0. The number of hydrogen-bond acceptors (Lipinski definition) is 8. The van der Waals surface area contributed by atoms with Gasteiger partial charge in [-0.05, 0) is 18.2 Å². The number of aliphatic hydroxyl groups is 2. The van der Waals surface area contributed by atoms with Crippen molar-refractivity contribution in [2.24, 2.45) is 0 Å². The number of carbonyl (C=O) groups is 3. The predicted octanol–water partition coefficient (Wildman–Crippen LogP) is -0.992. The zero-order valence-corrected chi connectivity index (χ0v) is 22.4. The van der Waals surface area contributed by atoms with Crippen molar-refractivity contribution in [3.05, 3.63) is 64.5 Å². The summed E-state index contributed by atoms with van der Waals surface area (Å²) in [6.07, 6.45) is 0.101. The number of rotatable bonds is 10. The van der Waals surface area contributed by atoms with Gasteiger partial charge in [0.25, 0.3) is 11.8 Å². The van der Waals surface area contributed by atoms with Crippen LogP contribution in [0.3, 0.4) is 0 Å². The smallest absolute Gasteiger partial charge is 0.255 e. The minimum absolute atomic E-state index is 0.0546. The van der Waals surface area contributed by atoms with Crippen molar-refractivity contribution < 1.29 is 38.5 Å². The highest BCUT2D eigenvalue weighted by atomic mass is 19.1. The molecule has 2 heterocycles. The van der Waals surface area contributed by atoms with Gasteiger partial charge in [-0.15, -0.1) is 0 Å². The quantitative estimate of drug-likeness (QED) is 0.194.